The maximum absolute atomic E-state index is 12.8. The maximum atomic E-state index is 12.8. The number of rotatable bonds is 7. The second-order valence-electron chi connectivity index (χ2n) is 7.18. The minimum atomic E-state index is -0.258. The quantitative estimate of drug-likeness (QED) is 0.801. The molecular formula is C22H27N3O3. The van der Waals surface area contributed by atoms with E-state index in [1.807, 2.05) is 30.0 Å². The van der Waals surface area contributed by atoms with Gasteiger partial charge < -0.3 is 19.9 Å². The molecule has 0 bridgehead atoms. The third-order valence-electron chi connectivity index (χ3n) is 4.69. The van der Waals surface area contributed by atoms with Gasteiger partial charge in [-0.15, -0.1) is 0 Å². The van der Waals surface area contributed by atoms with Gasteiger partial charge in [0.1, 0.15) is 12.4 Å². The molecule has 28 heavy (non-hydrogen) atoms. The van der Waals surface area contributed by atoms with Gasteiger partial charge in [-0.25, -0.2) is 0 Å². The molecular weight excluding hydrogens is 354 g/mol. The normalized spacial score (nSPS) is 13.6. The van der Waals surface area contributed by atoms with Crippen molar-refractivity contribution in [1.29, 1.82) is 0 Å². The summed E-state index contributed by atoms with van der Waals surface area (Å²) < 4.78 is 5.77. The Balaban J connectivity index is 1.69. The van der Waals surface area contributed by atoms with Gasteiger partial charge in [0.25, 0.3) is 11.8 Å². The Hall–Kier alpha value is -2.86. The SMILES string of the molecule is CN(C)CCOc1ccccc1C(=O)Nc1cccc(C(=O)N2CCCC2)c1. The Bertz CT molecular complexity index is 829. The van der Waals surface area contributed by atoms with Gasteiger partial charge in [0.15, 0.2) is 0 Å². The predicted molar refractivity (Wildman–Crippen MR) is 110 cm³/mol. The summed E-state index contributed by atoms with van der Waals surface area (Å²) >= 11 is 0. The monoisotopic (exact) mass is 381 g/mol. The van der Waals surface area contributed by atoms with E-state index in [2.05, 4.69) is 5.32 Å². The number of nitrogens with zero attached hydrogens (tertiary/aromatic N) is 2. The van der Waals surface area contributed by atoms with Crippen molar-refractivity contribution in [3.8, 4) is 5.75 Å². The summed E-state index contributed by atoms with van der Waals surface area (Å²) in [5.74, 6) is 0.304. The van der Waals surface area contributed by atoms with Gasteiger partial charge in [-0.05, 0) is 57.3 Å². The van der Waals surface area contributed by atoms with Crippen molar-refractivity contribution in [3.63, 3.8) is 0 Å². The molecule has 6 nitrogen and oxygen atoms in total. The van der Waals surface area contributed by atoms with Crippen molar-refractivity contribution < 1.29 is 14.3 Å². The number of ether oxygens (including phenoxy) is 1. The summed E-state index contributed by atoms with van der Waals surface area (Å²) in [4.78, 5) is 29.2. The highest BCUT2D eigenvalue weighted by atomic mass is 16.5. The zero-order valence-corrected chi connectivity index (χ0v) is 16.5. The number of likely N-dealkylation sites (N-methyl/N-ethyl adjacent to an activating group) is 1. The molecule has 3 rings (SSSR count). The molecule has 1 N–H and O–H groups in total. The fourth-order valence-corrected chi connectivity index (χ4v) is 3.15. The fourth-order valence-electron chi connectivity index (χ4n) is 3.15. The van der Waals surface area contributed by atoms with E-state index in [0.29, 0.717) is 29.2 Å². The number of carbonyl (C=O) groups excluding carboxylic acids is 2. The van der Waals surface area contributed by atoms with Gasteiger partial charge in [-0.3, -0.25) is 9.59 Å². The summed E-state index contributed by atoms with van der Waals surface area (Å²) in [6.45, 7) is 2.86. The van der Waals surface area contributed by atoms with Crippen molar-refractivity contribution in [2.75, 3.05) is 45.7 Å². The number of likely N-dealkylation sites (tertiary alicyclic amines) is 1. The Labute approximate surface area is 166 Å². The molecule has 0 atom stereocenters. The molecule has 6 heteroatoms. The van der Waals surface area contributed by atoms with E-state index in [9.17, 15) is 9.59 Å². The van der Waals surface area contributed by atoms with Gasteiger partial charge in [0, 0.05) is 30.9 Å². The average Bonchev–Trinajstić information content (AvgIpc) is 3.22. The van der Waals surface area contributed by atoms with Crippen LogP contribution in [0.2, 0.25) is 0 Å². The lowest BCUT2D eigenvalue weighted by Crippen LogP contribution is -2.27. The minimum Gasteiger partial charge on any atom is -0.491 e. The first-order valence-electron chi connectivity index (χ1n) is 9.62. The smallest absolute Gasteiger partial charge is 0.259 e. The van der Waals surface area contributed by atoms with Crippen LogP contribution in [0.5, 0.6) is 5.75 Å². The van der Waals surface area contributed by atoms with Crippen molar-refractivity contribution in [1.82, 2.24) is 9.80 Å². The molecule has 1 heterocycles. The number of anilines is 1. The number of amides is 2. The number of carbonyl (C=O) groups is 2. The lowest BCUT2D eigenvalue weighted by atomic mass is 10.1. The molecule has 1 fully saturated rings. The van der Waals surface area contributed by atoms with E-state index in [1.54, 1.807) is 42.5 Å². The van der Waals surface area contributed by atoms with E-state index in [0.717, 1.165) is 32.5 Å². The first-order valence-corrected chi connectivity index (χ1v) is 9.62. The zero-order valence-electron chi connectivity index (χ0n) is 16.5. The van der Waals surface area contributed by atoms with Gasteiger partial charge in [-0.2, -0.15) is 0 Å². The molecule has 1 aliphatic rings. The van der Waals surface area contributed by atoms with Gasteiger partial charge in [-0.1, -0.05) is 18.2 Å². The minimum absolute atomic E-state index is 0.0148. The number of benzene rings is 2. The second kappa shape index (κ2) is 9.37. The molecule has 0 saturated carbocycles. The standard InChI is InChI=1S/C22H27N3O3/c1-24(2)14-15-28-20-11-4-3-10-19(20)21(26)23-18-9-7-8-17(16-18)22(27)25-12-5-6-13-25/h3-4,7-11,16H,5-6,12-15H2,1-2H3,(H,23,26). The van der Waals surface area contributed by atoms with Crippen molar-refractivity contribution >= 4 is 17.5 Å². The van der Waals surface area contributed by atoms with Crippen LogP contribution in [-0.2, 0) is 0 Å². The molecule has 0 aliphatic carbocycles. The van der Waals surface area contributed by atoms with Crippen LogP contribution in [0, 0.1) is 0 Å². The molecule has 2 aromatic rings. The van der Waals surface area contributed by atoms with Crippen LogP contribution >= 0.6 is 0 Å². The number of para-hydroxylation sites is 1. The lowest BCUT2D eigenvalue weighted by Gasteiger charge is -2.16. The van der Waals surface area contributed by atoms with Gasteiger partial charge in [0.2, 0.25) is 0 Å². The fraction of sp³-hybridized carbons (Fsp3) is 0.364. The van der Waals surface area contributed by atoms with E-state index >= 15 is 0 Å². The third kappa shape index (κ3) is 5.10. The molecule has 148 valence electrons. The van der Waals surface area contributed by atoms with E-state index in [4.69, 9.17) is 4.74 Å². The first kappa shape index (κ1) is 19.9. The van der Waals surface area contributed by atoms with Crippen molar-refractivity contribution in [2.45, 2.75) is 12.8 Å². The number of hydrogen-bond acceptors (Lipinski definition) is 4. The van der Waals surface area contributed by atoms with Crippen LogP contribution in [0.15, 0.2) is 48.5 Å². The number of nitrogens with one attached hydrogen (secondary N) is 1. The van der Waals surface area contributed by atoms with Gasteiger partial charge in [0.05, 0.1) is 5.56 Å². The van der Waals surface area contributed by atoms with E-state index in [1.165, 1.54) is 0 Å². The molecule has 1 saturated heterocycles. The van der Waals surface area contributed by atoms with Crippen LogP contribution in [0.3, 0.4) is 0 Å². The zero-order chi connectivity index (χ0) is 19.9. The topological polar surface area (TPSA) is 61.9 Å². The molecule has 0 aromatic heterocycles. The number of hydrogen-bond donors (Lipinski definition) is 1. The predicted octanol–water partition coefficient (Wildman–Crippen LogP) is 3.12. The molecule has 0 spiro atoms. The molecule has 1 aliphatic heterocycles. The summed E-state index contributed by atoms with van der Waals surface area (Å²) in [6.07, 6.45) is 2.10. The highest BCUT2D eigenvalue weighted by Gasteiger charge is 2.20. The Morgan fingerprint density at radius 3 is 2.57 bits per heavy atom. The van der Waals surface area contributed by atoms with Crippen molar-refractivity contribution in [2.24, 2.45) is 0 Å². The highest BCUT2D eigenvalue weighted by Crippen LogP contribution is 2.21. The molecule has 0 radical (unpaired) electrons. The summed E-state index contributed by atoms with van der Waals surface area (Å²) in [5.41, 5.74) is 1.66. The van der Waals surface area contributed by atoms with Crippen molar-refractivity contribution in [3.05, 3.63) is 59.7 Å². The van der Waals surface area contributed by atoms with E-state index < -0.39 is 0 Å². The Morgan fingerprint density at radius 1 is 1.07 bits per heavy atom. The average molecular weight is 381 g/mol. The third-order valence-corrected chi connectivity index (χ3v) is 4.69. The second-order valence-corrected chi connectivity index (χ2v) is 7.18. The lowest BCUT2D eigenvalue weighted by molar-refractivity contribution is 0.0792. The van der Waals surface area contributed by atoms with Crippen LogP contribution in [-0.4, -0.2) is 62.0 Å². The van der Waals surface area contributed by atoms with Gasteiger partial charge >= 0.3 is 0 Å². The van der Waals surface area contributed by atoms with Crippen LogP contribution < -0.4 is 10.1 Å². The molecule has 2 amide bonds. The summed E-state index contributed by atoms with van der Waals surface area (Å²) in [5, 5.41) is 2.88. The largest absolute Gasteiger partial charge is 0.491 e. The first-order chi connectivity index (χ1) is 13.5. The Kier molecular flexibility index (Phi) is 6.66. The summed E-state index contributed by atoms with van der Waals surface area (Å²) in [6, 6.07) is 14.3. The molecule has 0 unspecified atom stereocenters. The maximum Gasteiger partial charge on any atom is 0.259 e. The van der Waals surface area contributed by atoms with Crippen LogP contribution in [0.25, 0.3) is 0 Å². The Morgan fingerprint density at radius 2 is 1.82 bits per heavy atom. The van der Waals surface area contributed by atoms with E-state index in [-0.39, 0.29) is 11.8 Å². The summed E-state index contributed by atoms with van der Waals surface area (Å²) in [7, 11) is 3.94. The molecule has 2 aromatic carbocycles. The highest BCUT2D eigenvalue weighted by molar-refractivity contribution is 6.06. The van der Waals surface area contributed by atoms with Crippen LogP contribution in [0.1, 0.15) is 33.6 Å². The van der Waals surface area contributed by atoms with Crippen LogP contribution in [0.4, 0.5) is 5.69 Å².